The van der Waals surface area contributed by atoms with Gasteiger partial charge in [-0.1, -0.05) is 19.9 Å². The Kier molecular flexibility index (Phi) is 8.06. The molecular formula is C20H29N3O3S. The van der Waals surface area contributed by atoms with Crippen LogP contribution in [0.5, 0.6) is 11.5 Å². The first kappa shape index (κ1) is 21.2. The summed E-state index contributed by atoms with van der Waals surface area (Å²) in [6, 6.07) is 5.65. The van der Waals surface area contributed by atoms with Crippen LogP contribution in [0.25, 0.3) is 0 Å². The normalized spacial score (nSPS) is 12.1. The highest BCUT2D eigenvalue weighted by Crippen LogP contribution is 2.33. The van der Waals surface area contributed by atoms with E-state index in [1.165, 1.54) is 11.3 Å². The van der Waals surface area contributed by atoms with Gasteiger partial charge in [0.1, 0.15) is 5.69 Å². The third-order valence-electron chi connectivity index (χ3n) is 4.02. The van der Waals surface area contributed by atoms with E-state index >= 15 is 0 Å². The molecule has 1 aromatic carbocycles. The molecule has 27 heavy (non-hydrogen) atoms. The lowest BCUT2D eigenvalue weighted by atomic mass is 9.95. The molecule has 0 saturated carbocycles. The summed E-state index contributed by atoms with van der Waals surface area (Å²) in [5.74, 6) is 1.42. The summed E-state index contributed by atoms with van der Waals surface area (Å²) in [7, 11) is 0. The number of nitrogens with zero attached hydrogens (tertiary/aromatic N) is 1. The topological polar surface area (TPSA) is 86.5 Å². The van der Waals surface area contributed by atoms with Gasteiger partial charge in [-0.3, -0.25) is 4.79 Å². The maximum atomic E-state index is 12.7. The average Bonchev–Trinajstić information content (AvgIpc) is 3.10. The molecule has 0 radical (unpaired) electrons. The fourth-order valence-corrected chi connectivity index (χ4v) is 3.56. The van der Waals surface area contributed by atoms with Gasteiger partial charge >= 0.3 is 0 Å². The Morgan fingerprint density at radius 1 is 1.22 bits per heavy atom. The molecule has 2 rings (SSSR count). The molecule has 3 N–H and O–H groups in total. The molecule has 0 aliphatic carbocycles. The van der Waals surface area contributed by atoms with Crippen LogP contribution < -0.4 is 20.5 Å². The Balaban J connectivity index is 2.23. The van der Waals surface area contributed by atoms with Crippen LogP contribution in [-0.2, 0) is 6.42 Å². The van der Waals surface area contributed by atoms with Crippen LogP contribution in [0.2, 0.25) is 0 Å². The molecule has 0 aliphatic heterocycles. The molecule has 1 aromatic heterocycles. The highest BCUT2D eigenvalue weighted by molar-refractivity contribution is 7.09. The van der Waals surface area contributed by atoms with Crippen LogP contribution in [0.15, 0.2) is 23.6 Å². The predicted octanol–water partition coefficient (Wildman–Crippen LogP) is 3.57. The van der Waals surface area contributed by atoms with Crippen molar-refractivity contribution in [3.63, 3.8) is 0 Å². The third-order valence-corrected chi connectivity index (χ3v) is 4.93. The molecular weight excluding hydrogens is 362 g/mol. The van der Waals surface area contributed by atoms with Gasteiger partial charge in [0, 0.05) is 11.8 Å². The number of carbonyl (C=O) groups is 1. The van der Waals surface area contributed by atoms with Crippen molar-refractivity contribution >= 4 is 17.2 Å². The van der Waals surface area contributed by atoms with Crippen molar-refractivity contribution in [2.24, 2.45) is 11.7 Å². The van der Waals surface area contributed by atoms with Crippen LogP contribution in [0, 0.1) is 5.92 Å². The van der Waals surface area contributed by atoms with Gasteiger partial charge in [-0.05, 0) is 44.0 Å². The van der Waals surface area contributed by atoms with Crippen molar-refractivity contribution in [3.05, 3.63) is 39.8 Å². The van der Waals surface area contributed by atoms with Crippen molar-refractivity contribution < 1.29 is 14.3 Å². The second kappa shape index (κ2) is 10.3. The third kappa shape index (κ3) is 5.68. The van der Waals surface area contributed by atoms with E-state index in [2.05, 4.69) is 24.1 Å². The van der Waals surface area contributed by atoms with Crippen LogP contribution in [-0.4, -0.2) is 30.6 Å². The Morgan fingerprint density at radius 2 is 1.93 bits per heavy atom. The minimum Gasteiger partial charge on any atom is -0.490 e. The fourth-order valence-electron chi connectivity index (χ4n) is 2.76. The van der Waals surface area contributed by atoms with Gasteiger partial charge in [0.2, 0.25) is 0 Å². The molecule has 2 aromatic rings. The van der Waals surface area contributed by atoms with Crippen LogP contribution in [0.1, 0.15) is 54.8 Å². The maximum absolute atomic E-state index is 12.7. The lowest BCUT2D eigenvalue weighted by molar-refractivity contribution is 0.0921. The van der Waals surface area contributed by atoms with Crippen molar-refractivity contribution in [2.75, 3.05) is 19.8 Å². The van der Waals surface area contributed by atoms with Gasteiger partial charge in [-0.15, -0.1) is 11.3 Å². The monoisotopic (exact) mass is 391 g/mol. The largest absolute Gasteiger partial charge is 0.490 e. The second-order valence-electron chi connectivity index (χ2n) is 6.43. The molecule has 0 spiro atoms. The summed E-state index contributed by atoms with van der Waals surface area (Å²) in [5, 5.41) is 5.76. The van der Waals surface area contributed by atoms with Crippen molar-refractivity contribution in [2.45, 2.75) is 40.2 Å². The van der Waals surface area contributed by atoms with E-state index in [4.69, 9.17) is 15.2 Å². The van der Waals surface area contributed by atoms with Crippen molar-refractivity contribution in [1.82, 2.24) is 10.3 Å². The van der Waals surface area contributed by atoms with Crippen molar-refractivity contribution in [3.8, 4) is 11.5 Å². The average molecular weight is 392 g/mol. The van der Waals surface area contributed by atoms with E-state index in [1.807, 2.05) is 32.0 Å². The first-order valence-electron chi connectivity index (χ1n) is 9.34. The van der Waals surface area contributed by atoms with Gasteiger partial charge in [0.15, 0.2) is 11.5 Å². The first-order chi connectivity index (χ1) is 13.0. The summed E-state index contributed by atoms with van der Waals surface area (Å²) in [6.07, 6.45) is 0.683. The standard InChI is InChI=1S/C20H29N3O3S/c1-5-25-16-8-7-14(11-17(16)26-6-2)19(13(3)4)23-20(24)15-12-27-18(22-15)9-10-21/h7-8,11-13,19H,5-6,9-10,21H2,1-4H3,(H,23,24). The number of hydrogen-bond donors (Lipinski definition) is 2. The highest BCUT2D eigenvalue weighted by atomic mass is 32.1. The van der Waals surface area contributed by atoms with Gasteiger partial charge < -0.3 is 20.5 Å². The number of benzene rings is 1. The summed E-state index contributed by atoms with van der Waals surface area (Å²) in [5.41, 5.74) is 6.97. The number of rotatable bonds is 10. The molecule has 1 amide bonds. The molecule has 0 aliphatic rings. The maximum Gasteiger partial charge on any atom is 0.271 e. The van der Waals surface area contributed by atoms with Crippen LogP contribution in [0.3, 0.4) is 0 Å². The van der Waals surface area contributed by atoms with Gasteiger partial charge in [-0.2, -0.15) is 0 Å². The first-order valence-corrected chi connectivity index (χ1v) is 10.2. The van der Waals surface area contributed by atoms with Crippen molar-refractivity contribution in [1.29, 1.82) is 0 Å². The molecule has 1 unspecified atom stereocenters. The molecule has 7 heteroatoms. The molecule has 0 fully saturated rings. The SMILES string of the molecule is CCOc1ccc(C(NC(=O)c2csc(CCN)n2)C(C)C)cc1OCC. The molecule has 1 atom stereocenters. The molecule has 6 nitrogen and oxygen atoms in total. The summed E-state index contributed by atoms with van der Waals surface area (Å²) in [6.45, 7) is 9.66. The number of amides is 1. The summed E-state index contributed by atoms with van der Waals surface area (Å²) >= 11 is 1.46. The quantitative estimate of drug-likeness (QED) is 0.647. The number of hydrogen-bond acceptors (Lipinski definition) is 6. The van der Waals surface area contributed by atoms with Gasteiger partial charge in [0.05, 0.1) is 24.3 Å². The zero-order valence-electron chi connectivity index (χ0n) is 16.5. The highest BCUT2D eigenvalue weighted by Gasteiger charge is 2.22. The Bertz CT molecular complexity index is 746. The Labute approximate surface area is 165 Å². The van der Waals surface area contributed by atoms with Crippen LogP contribution in [0.4, 0.5) is 0 Å². The van der Waals surface area contributed by atoms with E-state index in [-0.39, 0.29) is 17.9 Å². The number of nitrogens with one attached hydrogen (secondary N) is 1. The molecule has 148 valence electrons. The number of carbonyl (C=O) groups excluding carboxylic acids is 1. The minimum atomic E-state index is -0.180. The molecule has 1 heterocycles. The van der Waals surface area contributed by atoms with Crippen LogP contribution >= 0.6 is 11.3 Å². The minimum absolute atomic E-state index is 0.160. The predicted molar refractivity (Wildman–Crippen MR) is 109 cm³/mol. The summed E-state index contributed by atoms with van der Waals surface area (Å²) < 4.78 is 11.3. The Morgan fingerprint density at radius 3 is 2.56 bits per heavy atom. The Hall–Kier alpha value is -2.12. The fraction of sp³-hybridized carbons (Fsp3) is 0.500. The summed E-state index contributed by atoms with van der Waals surface area (Å²) in [4.78, 5) is 17.0. The van der Waals surface area contributed by atoms with Gasteiger partial charge in [-0.25, -0.2) is 4.98 Å². The van der Waals surface area contributed by atoms with E-state index in [0.29, 0.717) is 43.4 Å². The zero-order valence-corrected chi connectivity index (χ0v) is 17.3. The lowest BCUT2D eigenvalue weighted by Gasteiger charge is -2.24. The lowest BCUT2D eigenvalue weighted by Crippen LogP contribution is -2.32. The van der Waals surface area contributed by atoms with E-state index in [1.54, 1.807) is 5.38 Å². The number of aromatic nitrogens is 1. The number of nitrogens with two attached hydrogens (primary N) is 1. The number of ether oxygens (including phenoxy) is 2. The number of thiazole rings is 1. The van der Waals surface area contributed by atoms with E-state index < -0.39 is 0 Å². The zero-order chi connectivity index (χ0) is 19.8. The van der Waals surface area contributed by atoms with Gasteiger partial charge in [0.25, 0.3) is 5.91 Å². The van der Waals surface area contributed by atoms with E-state index in [9.17, 15) is 4.79 Å². The second-order valence-corrected chi connectivity index (χ2v) is 7.38. The van der Waals surface area contributed by atoms with E-state index in [0.717, 1.165) is 10.6 Å². The molecule has 0 saturated heterocycles. The smallest absolute Gasteiger partial charge is 0.271 e. The molecule has 0 bridgehead atoms.